The highest BCUT2D eigenvalue weighted by molar-refractivity contribution is 9.10. The Labute approximate surface area is 167 Å². The molecule has 146 valence electrons. The summed E-state index contributed by atoms with van der Waals surface area (Å²) in [5.41, 5.74) is 0.379. The van der Waals surface area contributed by atoms with Gasteiger partial charge in [0.15, 0.2) is 5.13 Å². The summed E-state index contributed by atoms with van der Waals surface area (Å²) in [6.07, 6.45) is 0. The first kappa shape index (κ1) is 21.4. The lowest BCUT2D eigenvalue weighted by Gasteiger charge is -2.15. The van der Waals surface area contributed by atoms with E-state index in [2.05, 4.69) is 31.0 Å². The van der Waals surface area contributed by atoms with Crippen LogP contribution in [0.1, 0.15) is 12.6 Å². The number of hydrogen-bond acceptors (Lipinski definition) is 8. The predicted molar refractivity (Wildman–Crippen MR) is 102 cm³/mol. The molecule has 3 N–H and O–H groups in total. The number of amides is 1. The van der Waals surface area contributed by atoms with Gasteiger partial charge in [-0.05, 0) is 24.3 Å². The van der Waals surface area contributed by atoms with Crippen LogP contribution in [0.4, 0.5) is 5.13 Å². The van der Waals surface area contributed by atoms with Gasteiger partial charge in [-0.3, -0.25) is 9.59 Å². The summed E-state index contributed by atoms with van der Waals surface area (Å²) in [5, 5.41) is 13.8. The molecule has 0 aliphatic carbocycles. The maximum absolute atomic E-state index is 12.3. The van der Waals surface area contributed by atoms with E-state index < -0.39 is 28.6 Å². The average molecular weight is 478 g/mol. The van der Waals surface area contributed by atoms with Gasteiger partial charge in [0.05, 0.1) is 17.2 Å². The summed E-state index contributed by atoms with van der Waals surface area (Å²) in [7, 11) is -4.02. The zero-order chi connectivity index (χ0) is 20.0. The lowest BCUT2D eigenvalue weighted by molar-refractivity contribution is -0.148. The molecule has 9 nitrogen and oxygen atoms in total. The van der Waals surface area contributed by atoms with E-state index in [1.807, 2.05) is 0 Å². The number of sulfonamides is 1. The molecule has 1 amide bonds. The monoisotopic (exact) mass is 477 g/mol. The van der Waals surface area contributed by atoms with E-state index >= 15 is 0 Å². The third kappa shape index (κ3) is 6.36. The minimum absolute atomic E-state index is 0.0589. The van der Waals surface area contributed by atoms with Gasteiger partial charge >= 0.3 is 5.97 Å². The number of hydrogen-bond donors (Lipinski definition) is 3. The molecule has 27 heavy (non-hydrogen) atoms. The third-order valence-corrected chi connectivity index (χ3v) is 5.91. The van der Waals surface area contributed by atoms with Crippen molar-refractivity contribution in [1.82, 2.24) is 9.71 Å². The van der Waals surface area contributed by atoms with Crippen molar-refractivity contribution < 1.29 is 27.9 Å². The summed E-state index contributed by atoms with van der Waals surface area (Å²) < 4.78 is 32.4. The predicted octanol–water partition coefficient (Wildman–Crippen LogP) is 1.25. The van der Waals surface area contributed by atoms with E-state index in [9.17, 15) is 23.1 Å². The molecule has 0 radical (unpaired) electrons. The first-order chi connectivity index (χ1) is 12.7. The number of benzene rings is 1. The van der Waals surface area contributed by atoms with E-state index in [1.165, 1.54) is 31.2 Å². The van der Waals surface area contributed by atoms with Crippen LogP contribution >= 0.6 is 27.3 Å². The first-order valence-corrected chi connectivity index (χ1v) is 10.6. The number of aromatic nitrogens is 1. The SMILES string of the molecule is CC(=O)Nc1nc(COC(=O)C(CO)NS(=O)(=O)c2ccc(Br)cc2)cs1. The minimum Gasteiger partial charge on any atom is -0.458 e. The maximum atomic E-state index is 12.3. The van der Waals surface area contributed by atoms with E-state index in [0.717, 1.165) is 11.3 Å². The highest BCUT2D eigenvalue weighted by Gasteiger charge is 2.26. The lowest BCUT2D eigenvalue weighted by atomic mass is 10.3. The van der Waals surface area contributed by atoms with Gasteiger partial charge in [0, 0.05) is 16.8 Å². The molecule has 1 unspecified atom stereocenters. The Kier molecular flexibility index (Phi) is 7.44. The Balaban J connectivity index is 1.97. The topological polar surface area (TPSA) is 135 Å². The van der Waals surface area contributed by atoms with E-state index in [1.54, 1.807) is 5.38 Å². The average Bonchev–Trinajstić information content (AvgIpc) is 3.04. The number of halogens is 1. The standard InChI is InChI=1S/C15H16BrN3O6S2/c1-9(21)17-15-18-11(8-26-15)7-25-14(22)13(6-20)19-27(23,24)12-4-2-10(16)3-5-12/h2-5,8,13,19-20H,6-7H2,1H3,(H,17,18,21). The third-order valence-electron chi connectivity index (χ3n) is 3.09. The van der Waals surface area contributed by atoms with Crippen molar-refractivity contribution in [3.63, 3.8) is 0 Å². The van der Waals surface area contributed by atoms with Crippen LogP contribution in [-0.4, -0.2) is 43.0 Å². The van der Waals surface area contributed by atoms with Gasteiger partial charge in [-0.2, -0.15) is 4.72 Å². The van der Waals surface area contributed by atoms with Crippen molar-refractivity contribution in [1.29, 1.82) is 0 Å². The molecule has 1 aromatic carbocycles. The number of anilines is 1. The Morgan fingerprint density at radius 3 is 2.59 bits per heavy atom. The number of carbonyl (C=O) groups is 2. The fourth-order valence-electron chi connectivity index (χ4n) is 1.86. The summed E-state index contributed by atoms with van der Waals surface area (Å²) in [5.74, 6) is -1.23. The van der Waals surface area contributed by atoms with E-state index in [4.69, 9.17) is 4.74 Å². The van der Waals surface area contributed by atoms with Gasteiger partial charge in [-0.15, -0.1) is 11.3 Å². The van der Waals surface area contributed by atoms with Gasteiger partial charge in [-0.25, -0.2) is 13.4 Å². The van der Waals surface area contributed by atoms with Crippen LogP contribution in [0.25, 0.3) is 0 Å². The summed E-state index contributed by atoms with van der Waals surface area (Å²) >= 11 is 4.35. The van der Waals surface area contributed by atoms with E-state index in [-0.39, 0.29) is 17.4 Å². The second-order valence-corrected chi connectivity index (χ2v) is 8.73. The van der Waals surface area contributed by atoms with Crippen LogP contribution in [0.5, 0.6) is 0 Å². The molecule has 2 aromatic rings. The molecule has 0 fully saturated rings. The molecular formula is C15H16BrN3O6S2. The van der Waals surface area contributed by atoms with Crippen molar-refractivity contribution >= 4 is 54.3 Å². The van der Waals surface area contributed by atoms with Crippen LogP contribution in [-0.2, 0) is 31.0 Å². The number of ether oxygens (including phenoxy) is 1. The number of thiazole rings is 1. The molecule has 1 atom stereocenters. The number of aliphatic hydroxyl groups is 1. The zero-order valence-corrected chi connectivity index (χ0v) is 17.2. The molecule has 0 saturated carbocycles. The molecule has 0 aliphatic heterocycles. The smallest absolute Gasteiger partial charge is 0.326 e. The number of rotatable bonds is 8. The fraction of sp³-hybridized carbons (Fsp3) is 0.267. The van der Waals surface area contributed by atoms with Gasteiger partial charge in [0.1, 0.15) is 12.6 Å². The molecular weight excluding hydrogens is 462 g/mol. The maximum Gasteiger partial charge on any atom is 0.326 e. The second-order valence-electron chi connectivity index (χ2n) is 5.24. The molecule has 1 heterocycles. The summed E-state index contributed by atoms with van der Waals surface area (Å²) in [6.45, 7) is 0.332. The lowest BCUT2D eigenvalue weighted by Crippen LogP contribution is -2.44. The van der Waals surface area contributed by atoms with Gasteiger partial charge in [0.2, 0.25) is 15.9 Å². The van der Waals surface area contributed by atoms with Crippen molar-refractivity contribution in [3.05, 3.63) is 39.8 Å². The van der Waals surface area contributed by atoms with Crippen LogP contribution in [0.2, 0.25) is 0 Å². The molecule has 12 heteroatoms. The van der Waals surface area contributed by atoms with Crippen LogP contribution in [0.15, 0.2) is 39.0 Å². The molecule has 2 rings (SSSR count). The molecule has 1 aromatic heterocycles. The van der Waals surface area contributed by atoms with Gasteiger partial charge in [-0.1, -0.05) is 15.9 Å². The number of nitrogens with one attached hydrogen (secondary N) is 2. The summed E-state index contributed by atoms with van der Waals surface area (Å²) in [6, 6.07) is 4.31. The highest BCUT2D eigenvalue weighted by Crippen LogP contribution is 2.17. The molecule has 0 saturated heterocycles. The fourth-order valence-corrected chi connectivity index (χ4v) is 4.04. The number of esters is 1. The number of nitrogens with zero attached hydrogens (tertiary/aromatic N) is 1. The Morgan fingerprint density at radius 1 is 1.33 bits per heavy atom. The Morgan fingerprint density at radius 2 is 2.00 bits per heavy atom. The number of carbonyl (C=O) groups excluding carboxylic acids is 2. The van der Waals surface area contributed by atoms with Crippen LogP contribution in [0.3, 0.4) is 0 Å². The number of aliphatic hydroxyl groups excluding tert-OH is 1. The zero-order valence-electron chi connectivity index (χ0n) is 14.0. The normalized spacial score (nSPS) is 12.4. The largest absolute Gasteiger partial charge is 0.458 e. The van der Waals surface area contributed by atoms with Gasteiger partial charge < -0.3 is 15.2 Å². The Bertz CT molecular complexity index is 914. The van der Waals surface area contributed by atoms with Crippen LogP contribution in [0, 0.1) is 0 Å². The van der Waals surface area contributed by atoms with Crippen molar-refractivity contribution in [2.24, 2.45) is 0 Å². The summed E-state index contributed by atoms with van der Waals surface area (Å²) in [4.78, 5) is 27.0. The van der Waals surface area contributed by atoms with Crippen LogP contribution < -0.4 is 10.0 Å². The second kappa shape index (κ2) is 9.37. The molecule has 0 bridgehead atoms. The van der Waals surface area contributed by atoms with Crippen molar-refractivity contribution in [3.8, 4) is 0 Å². The highest BCUT2D eigenvalue weighted by atomic mass is 79.9. The quantitative estimate of drug-likeness (QED) is 0.486. The molecule has 0 spiro atoms. The van der Waals surface area contributed by atoms with Crippen molar-refractivity contribution in [2.45, 2.75) is 24.5 Å². The van der Waals surface area contributed by atoms with Crippen molar-refractivity contribution in [2.75, 3.05) is 11.9 Å². The van der Waals surface area contributed by atoms with E-state index in [0.29, 0.717) is 15.3 Å². The van der Waals surface area contributed by atoms with Gasteiger partial charge in [0.25, 0.3) is 0 Å². The molecule has 0 aliphatic rings. The Hall–Kier alpha value is -1.86. The first-order valence-electron chi connectivity index (χ1n) is 7.48. The minimum atomic E-state index is -4.02.